The van der Waals surface area contributed by atoms with Gasteiger partial charge in [-0.2, -0.15) is 15.5 Å². The molecule has 0 aromatic rings. The largest absolute Gasteiger partial charge is 0.479 e. The molecule has 0 heterocycles. The molecular weight excluding hydrogens is 274 g/mol. The van der Waals surface area contributed by atoms with Crippen molar-refractivity contribution < 1.29 is 19.7 Å². The number of rotatable bonds is 6. The van der Waals surface area contributed by atoms with Crippen molar-refractivity contribution in [3.8, 4) is 6.07 Å². The molecule has 0 aliphatic rings. The van der Waals surface area contributed by atoms with Crippen LogP contribution in [-0.2, 0) is 14.6 Å². The average Bonchev–Trinajstić information content (AvgIpc) is 2.29. The molecule has 0 bridgehead atoms. The normalized spacial score (nSPS) is 17.2. The van der Waals surface area contributed by atoms with Crippen LogP contribution in [0.1, 0.15) is 54.9 Å². The minimum absolute atomic E-state index is 0.158. The number of carbonyl (C=O) groups is 1. The van der Waals surface area contributed by atoms with Crippen molar-refractivity contribution in [2.75, 3.05) is 0 Å². The van der Waals surface area contributed by atoms with Crippen LogP contribution in [0.25, 0.3) is 0 Å². The van der Waals surface area contributed by atoms with Crippen LogP contribution in [-0.4, -0.2) is 33.9 Å². The molecule has 0 spiro atoms. The Morgan fingerprint density at radius 1 is 1.19 bits per heavy atom. The molecule has 0 aliphatic heterocycles. The van der Waals surface area contributed by atoms with E-state index in [1.165, 1.54) is 6.92 Å². The zero-order valence-electron chi connectivity index (χ0n) is 13.8. The van der Waals surface area contributed by atoms with Crippen molar-refractivity contribution in [1.29, 1.82) is 5.26 Å². The van der Waals surface area contributed by atoms with Crippen LogP contribution >= 0.6 is 0 Å². The molecule has 0 rings (SSSR count). The maximum atomic E-state index is 11.2. The molecule has 1 N–H and O–H groups in total. The van der Waals surface area contributed by atoms with Gasteiger partial charge in [-0.3, -0.25) is 0 Å². The molecule has 0 aromatic carbocycles. The van der Waals surface area contributed by atoms with Gasteiger partial charge in [0.15, 0.2) is 11.6 Å². The molecule has 120 valence electrons. The van der Waals surface area contributed by atoms with Gasteiger partial charge in [0, 0.05) is 6.42 Å². The number of aliphatic carboxylic acids is 1. The van der Waals surface area contributed by atoms with Gasteiger partial charge in [-0.25, -0.2) is 14.6 Å². The van der Waals surface area contributed by atoms with E-state index in [2.05, 4.69) is 10.2 Å². The fourth-order valence-electron chi connectivity index (χ4n) is 1.10. The van der Waals surface area contributed by atoms with Crippen LogP contribution < -0.4 is 0 Å². The maximum Gasteiger partial charge on any atom is 0.336 e. The minimum Gasteiger partial charge on any atom is -0.479 e. The second kappa shape index (κ2) is 6.96. The number of hydrogen-bond donors (Lipinski definition) is 1. The van der Waals surface area contributed by atoms with Crippen molar-refractivity contribution in [3.05, 3.63) is 0 Å². The zero-order valence-corrected chi connectivity index (χ0v) is 13.8. The molecule has 2 unspecified atom stereocenters. The summed E-state index contributed by atoms with van der Waals surface area (Å²) in [6, 6.07) is 1.97. The standard InChI is InChI=1S/C14H25N3O4/c1-12(2,3)16-17-14(7,9-15)8-10(11(18)19)20-21-13(4,5)6/h10H,8H2,1-7H3,(H,18,19). The first-order valence-corrected chi connectivity index (χ1v) is 6.71. The highest BCUT2D eigenvalue weighted by molar-refractivity contribution is 5.72. The predicted octanol–water partition coefficient (Wildman–Crippen LogP) is 3.11. The van der Waals surface area contributed by atoms with Crippen molar-refractivity contribution in [2.45, 2.75) is 77.7 Å². The lowest BCUT2D eigenvalue weighted by atomic mass is 9.97. The molecule has 0 fully saturated rings. The van der Waals surface area contributed by atoms with Crippen LogP contribution in [0.2, 0.25) is 0 Å². The van der Waals surface area contributed by atoms with E-state index in [1.807, 2.05) is 26.8 Å². The quantitative estimate of drug-likeness (QED) is 0.461. The number of azo groups is 1. The smallest absolute Gasteiger partial charge is 0.336 e. The minimum atomic E-state index is -1.30. The summed E-state index contributed by atoms with van der Waals surface area (Å²) in [6.07, 6.45) is -1.46. The molecule has 0 aliphatic carbocycles. The first-order valence-electron chi connectivity index (χ1n) is 6.71. The van der Waals surface area contributed by atoms with E-state index in [0.29, 0.717) is 0 Å². The van der Waals surface area contributed by atoms with E-state index in [0.717, 1.165) is 0 Å². The fraction of sp³-hybridized carbons (Fsp3) is 0.857. The SMILES string of the molecule is CC(C)(C)N=NC(C)(C#N)CC(OOC(C)(C)C)C(=O)O. The van der Waals surface area contributed by atoms with Gasteiger partial charge < -0.3 is 5.11 Å². The van der Waals surface area contributed by atoms with Crippen molar-refractivity contribution in [3.63, 3.8) is 0 Å². The Morgan fingerprint density at radius 3 is 2.05 bits per heavy atom. The van der Waals surface area contributed by atoms with Crippen LogP contribution in [0, 0.1) is 11.3 Å². The molecule has 0 amide bonds. The number of carboxylic acids is 1. The van der Waals surface area contributed by atoms with Crippen LogP contribution in [0.5, 0.6) is 0 Å². The number of hydrogen-bond acceptors (Lipinski definition) is 6. The summed E-state index contributed by atoms with van der Waals surface area (Å²) >= 11 is 0. The summed E-state index contributed by atoms with van der Waals surface area (Å²) in [5.41, 5.74) is -2.39. The Morgan fingerprint density at radius 2 is 1.71 bits per heavy atom. The Kier molecular flexibility index (Phi) is 6.46. The van der Waals surface area contributed by atoms with Gasteiger partial charge >= 0.3 is 5.97 Å². The van der Waals surface area contributed by atoms with Crippen molar-refractivity contribution >= 4 is 5.97 Å². The third kappa shape index (κ3) is 9.10. The number of nitrogens with zero attached hydrogens (tertiary/aromatic N) is 3. The molecule has 0 saturated carbocycles. The van der Waals surface area contributed by atoms with Gasteiger partial charge in [0.25, 0.3) is 0 Å². The van der Waals surface area contributed by atoms with E-state index in [-0.39, 0.29) is 6.42 Å². The lowest BCUT2D eigenvalue weighted by Gasteiger charge is -2.24. The topological polar surface area (TPSA) is 104 Å². The molecule has 7 nitrogen and oxygen atoms in total. The lowest BCUT2D eigenvalue weighted by molar-refractivity contribution is -0.369. The third-order valence-corrected chi connectivity index (χ3v) is 2.08. The molecule has 0 radical (unpaired) electrons. The van der Waals surface area contributed by atoms with E-state index in [4.69, 9.17) is 9.78 Å². The second-order valence-corrected chi connectivity index (χ2v) is 7.08. The number of carboxylic acid groups (broad SMARTS) is 1. The zero-order chi connectivity index (χ0) is 16.9. The predicted molar refractivity (Wildman–Crippen MR) is 76.6 cm³/mol. The monoisotopic (exact) mass is 299 g/mol. The highest BCUT2D eigenvalue weighted by Gasteiger charge is 2.35. The molecule has 2 atom stereocenters. The Hall–Kier alpha value is -1.52. The fourth-order valence-corrected chi connectivity index (χ4v) is 1.10. The van der Waals surface area contributed by atoms with Gasteiger partial charge in [0.05, 0.1) is 17.2 Å². The van der Waals surface area contributed by atoms with Gasteiger partial charge in [-0.15, -0.1) is 0 Å². The first kappa shape index (κ1) is 19.5. The summed E-state index contributed by atoms with van der Waals surface area (Å²) in [4.78, 5) is 21.2. The second-order valence-electron chi connectivity index (χ2n) is 7.08. The maximum absolute atomic E-state index is 11.2. The van der Waals surface area contributed by atoms with Gasteiger partial charge in [0.1, 0.15) is 0 Å². The van der Waals surface area contributed by atoms with Gasteiger partial charge in [-0.05, 0) is 48.5 Å². The van der Waals surface area contributed by atoms with E-state index in [1.54, 1.807) is 20.8 Å². The molecule has 7 heteroatoms. The van der Waals surface area contributed by atoms with Gasteiger partial charge in [-0.1, -0.05) is 0 Å². The highest BCUT2D eigenvalue weighted by atomic mass is 17.2. The summed E-state index contributed by atoms with van der Waals surface area (Å²) in [5.74, 6) is -1.22. The third-order valence-electron chi connectivity index (χ3n) is 2.08. The number of nitriles is 1. The van der Waals surface area contributed by atoms with Gasteiger partial charge in [0.2, 0.25) is 0 Å². The Bertz CT molecular complexity index is 429. The molecule has 21 heavy (non-hydrogen) atoms. The molecule has 0 saturated heterocycles. The first-order chi connectivity index (χ1) is 9.28. The summed E-state index contributed by atoms with van der Waals surface area (Å²) in [6.45, 7) is 12.2. The Balaban J connectivity index is 5.00. The molecular formula is C14H25N3O4. The van der Waals surface area contributed by atoms with Crippen molar-refractivity contribution in [1.82, 2.24) is 0 Å². The van der Waals surface area contributed by atoms with Crippen LogP contribution in [0.3, 0.4) is 0 Å². The highest BCUT2D eigenvalue weighted by Crippen LogP contribution is 2.23. The lowest BCUT2D eigenvalue weighted by Crippen LogP contribution is -2.36. The van der Waals surface area contributed by atoms with Crippen molar-refractivity contribution in [2.24, 2.45) is 10.2 Å². The van der Waals surface area contributed by atoms with E-state index in [9.17, 15) is 15.2 Å². The average molecular weight is 299 g/mol. The Labute approximate surface area is 125 Å². The summed E-state index contributed by atoms with van der Waals surface area (Å²) < 4.78 is 0. The molecule has 0 aromatic heterocycles. The summed E-state index contributed by atoms with van der Waals surface area (Å²) in [7, 11) is 0. The van der Waals surface area contributed by atoms with Crippen LogP contribution in [0.4, 0.5) is 0 Å². The summed E-state index contributed by atoms with van der Waals surface area (Å²) in [5, 5.41) is 26.4. The van der Waals surface area contributed by atoms with E-state index >= 15 is 0 Å². The van der Waals surface area contributed by atoms with Crippen LogP contribution in [0.15, 0.2) is 10.2 Å². The van der Waals surface area contributed by atoms with E-state index < -0.39 is 28.8 Å².